The fourth-order valence-electron chi connectivity index (χ4n) is 1.88. The van der Waals surface area contributed by atoms with E-state index in [9.17, 15) is 4.79 Å². The summed E-state index contributed by atoms with van der Waals surface area (Å²) in [6.07, 6.45) is 1.93. The van der Waals surface area contributed by atoms with Gasteiger partial charge >= 0.3 is 0 Å². The van der Waals surface area contributed by atoms with Crippen LogP contribution in [-0.4, -0.2) is 41.5 Å². The first-order valence-electron chi connectivity index (χ1n) is 5.61. The highest BCUT2D eigenvalue weighted by molar-refractivity contribution is 5.79. The fourth-order valence-corrected chi connectivity index (χ4v) is 1.88. The third-order valence-corrected chi connectivity index (χ3v) is 2.77. The number of hydrogen-bond donors (Lipinski definition) is 1. The van der Waals surface area contributed by atoms with Gasteiger partial charge in [-0.05, 0) is 12.1 Å². The second-order valence-electron chi connectivity index (χ2n) is 3.93. The molecule has 1 fully saturated rings. The molecule has 0 bridgehead atoms. The van der Waals surface area contributed by atoms with Gasteiger partial charge in [0, 0.05) is 31.5 Å². The topological polar surface area (TPSA) is 69.0 Å². The van der Waals surface area contributed by atoms with E-state index in [0.29, 0.717) is 13.1 Å². The smallest absolute Gasteiger partial charge is 0.229 e. The van der Waals surface area contributed by atoms with E-state index in [1.807, 2.05) is 18.2 Å². The van der Waals surface area contributed by atoms with Gasteiger partial charge in [0.1, 0.15) is 6.04 Å². The normalized spacial score (nSPS) is 19.7. The molecule has 0 aromatic carbocycles. The predicted molar refractivity (Wildman–Crippen MR) is 61.9 cm³/mol. The highest BCUT2D eigenvalue weighted by atomic mass is 16.2. The van der Waals surface area contributed by atoms with Crippen molar-refractivity contribution < 1.29 is 4.79 Å². The minimum absolute atomic E-state index is 0.0308. The molecule has 1 atom stereocenters. The average Bonchev–Trinajstić information content (AvgIpc) is 2.40. The molecule has 0 saturated carbocycles. The third-order valence-electron chi connectivity index (χ3n) is 2.77. The molecular weight excluding hydrogens is 216 g/mol. The maximum atomic E-state index is 12.0. The number of aromatic nitrogens is 1. The van der Waals surface area contributed by atoms with Crippen molar-refractivity contribution >= 4 is 5.91 Å². The summed E-state index contributed by atoms with van der Waals surface area (Å²) in [7, 11) is 0. The fraction of sp³-hybridized carbons (Fsp3) is 0.417. The summed E-state index contributed by atoms with van der Waals surface area (Å²) in [5.41, 5.74) is 0.743. The molecule has 88 valence electrons. The zero-order chi connectivity index (χ0) is 12.1. The van der Waals surface area contributed by atoms with E-state index in [4.69, 9.17) is 5.26 Å². The van der Waals surface area contributed by atoms with Crippen LogP contribution < -0.4 is 5.32 Å². The Balaban J connectivity index is 2.02. The minimum atomic E-state index is -0.361. The van der Waals surface area contributed by atoms with Crippen LogP contribution in [0.25, 0.3) is 0 Å². The zero-order valence-corrected chi connectivity index (χ0v) is 9.47. The van der Waals surface area contributed by atoms with Crippen LogP contribution in [0.2, 0.25) is 0 Å². The number of piperazine rings is 1. The number of nitriles is 1. The molecule has 0 spiro atoms. The van der Waals surface area contributed by atoms with Crippen LogP contribution >= 0.6 is 0 Å². The first-order valence-corrected chi connectivity index (χ1v) is 5.61. The molecule has 1 N–H and O–H groups in total. The molecule has 1 aliphatic rings. The number of pyridine rings is 1. The van der Waals surface area contributed by atoms with Crippen LogP contribution in [0.4, 0.5) is 0 Å². The molecule has 2 heterocycles. The molecule has 1 aromatic rings. The summed E-state index contributed by atoms with van der Waals surface area (Å²) >= 11 is 0. The van der Waals surface area contributed by atoms with Gasteiger partial charge in [0.25, 0.3) is 0 Å². The van der Waals surface area contributed by atoms with Gasteiger partial charge in [0.2, 0.25) is 5.91 Å². The maximum Gasteiger partial charge on any atom is 0.229 e. The Hall–Kier alpha value is -1.93. The minimum Gasteiger partial charge on any atom is -0.324 e. The summed E-state index contributed by atoms with van der Waals surface area (Å²) in [6.45, 7) is 1.88. The maximum absolute atomic E-state index is 12.0. The van der Waals surface area contributed by atoms with Crippen LogP contribution in [0.5, 0.6) is 0 Å². The predicted octanol–water partition coefficient (Wildman–Crippen LogP) is -0.0519. The van der Waals surface area contributed by atoms with Gasteiger partial charge in [-0.15, -0.1) is 0 Å². The van der Waals surface area contributed by atoms with Gasteiger partial charge in [-0.25, -0.2) is 0 Å². The summed E-state index contributed by atoms with van der Waals surface area (Å²) in [4.78, 5) is 17.8. The summed E-state index contributed by atoms with van der Waals surface area (Å²) in [5.74, 6) is -0.0308. The lowest BCUT2D eigenvalue weighted by atomic mass is 10.1. The van der Waals surface area contributed by atoms with Crippen LogP contribution in [0.15, 0.2) is 24.4 Å². The van der Waals surface area contributed by atoms with E-state index in [1.54, 1.807) is 11.1 Å². The first kappa shape index (κ1) is 11.6. The van der Waals surface area contributed by atoms with Crippen molar-refractivity contribution in [2.24, 2.45) is 0 Å². The van der Waals surface area contributed by atoms with E-state index in [2.05, 4.69) is 16.4 Å². The van der Waals surface area contributed by atoms with Crippen molar-refractivity contribution in [3.05, 3.63) is 30.1 Å². The van der Waals surface area contributed by atoms with Gasteiger partial charge in [-0.1, -0.05) is 6.07 Å². The van der Waals surface area contributed by atoms with E-state index in [0.717, 1.165) is 12.2 Å². The summed E-state index contributed by atoms with van der Waals surface area (Å²) in [5, 5.41) is 12.1. The van der Waals surface area contributed by atoms with E-state index >= 15 is 0 Å². The molecule has 0 aliphatic carbocycles. The lowest BCUT2D eigenvalue weighted by molar-refractivity contribution is -0.132. The quantitative estimate of drug-likeness (QED) is 0.773. The Morgan fingerprint density at radius 2 is 2.53 bits per heavy atom. The van der Waals surface area contributed by atoms with Crippen LogP contribution in [0.3, 0.4) is 0 Å². The molecule has 5 heteroatoms. The molecule has 1 saturated heterocycles. The van der Waals surface area contributed by atoms with Crippen LogP contribution in [0, 0.1) is 11.3 Å². The Morgan fingerprint density at radius 1 is 1.65 bits per heavy atom. The highest BCUT2D eigenvalue weighted by Crippen LogP contribution is 2.06. The van der Waals surface area contributed by atoms with Crippen molar-refractivity contribution in [2.75, 3.05) is 19.6 Å². The molecule has 2 rings (SSSR count). The van der Waals surface area contributed by atoms with Crippen molar-refractivity contribution in [1.29, 1.82) is 5.26 Å². The molecule has 1 aliphatic heterocycles. The number of hydrogen-bond acceptors (Lipinski definition) is 4. The Kier molecular flexibility index (Phi) is 3.68. The molecule has 0 radical (unpaired) electrons. The number of rotatable bonds is 2. The number of nitrogens with zero attached hydrogens (tertiary/aromatic N) is 3. The van der Waals surface area contributed by atoms with E-state index in [-0.39, 0.29) is 18.4 Å². The van der Waals surface area contributed by atoms with Gasteiger partial charge in [0.05, 0.1) is 12.5 Å². The van der Waals surface area contributed by atoms with Crippen molar-refractivity contribution in [1.82, 2.24) is 15.2 Å². The van der Waals surface area contributed by atoms with Crippen LogP contribution in [0.1, 0.15) is 5.69 Å². The Bertz CT molecular complexity index is 426. The molecule has 1 amide bonds. The number of carbonyl (C=O) groups excluding carboxylic acids is 1. The van der Waals surface area contributed by atoms with Gasteiger partial charge in [-0.3, -0.25) is 9.78 Å². The number of carbonyl (C=O) groups is 1. The Morgan fingerprint density at radius 3 is 3.24 bits per heavy atom. The van der Waals surface area contributed by atoms with Crippen molar-refractivity contribution in [3.8, 4) is 6.07 Å². The second-order valence-corrected chi connectivity index (χ2v) is 3.93. The summed E-state index contributed by atoms with van der Waals surface area (Å²) in [6, 6.07) is 7.28. The molecule has 5 nitrogen and oxygen atoms in total. The molecular formula is C12H14N4O. The van der Waals surface area contributed by atoms with Crippen molar-refractivity contribution in [2.45, 2.75) is 12.5 Å². The molecule has 17 heavy (non-hydrogen) atoms. The van der Waals surface area contributed by atoms with E-state index < -0.39 is 0 Å². The highest BCUT2D eigenvalue weighted by Gasteiger charge is 2.26. The largest absolute Gasteiger partial charge is 0.324 e. The molecule has 1 unspecified atom stereocenters. The standard InChI is InChI=1S/C12H14N4O/c13-8-11-9-14-5-6-16(11)12(17)7-10-3-1-2-4-15-10/h1-4,11,14H,5-7,9H2. The molecule has 1 aromatic heterocycles. The monoisotopic (exact) mass is 230 g/mol. The van der Waals surface area contributed by atoms with Crippen LogP contribution in [-0.2, 0) is 11.2 Å². The lowest BCUT2D eigenvalue weighted by Gasteiger charge is -2.31. The third kappa shape index (κ3) is 2.80. The van der Waals surface area contributed by atoms with E-state index in [1.165, 1.54) is 0 Å². The first-order chi connectivity index (χ1) is 8.31. The van der Waals surface area contributed by atoms with Gasteiger partial charge in [0.15, 0.2) is 0 Å². The average molecular weight is 230 g/mol. The Labute approximate surface area is 100 Å². The SMILES string of the molecule is N#CC1CNCCN1C(=O)Cc1ccccn1. The number of nitrogens with one attached hydrogen (secondary N) is 1. The zero-order valence-electron chi connectivity index (χ0n) is 9.47. The number of amides is 1. The van der Waals surface area contributed by atoms with Crippen molar-refractivity contribution in [3.63, 3.8) is 0 Å². The second kappa shape index (κ2) is 5.41. The van der Waals surface area contributed by atoms with Gasteiger partial charge < -0.3 is 10.2 Å². The van der Waals surface area contributed by atoms with Gasteiger partial charge in [-0.2, -0.15) is 5.26 Å². The lowest BCUT2D eigenvalue weighted by Crippen LogP contribution is -2.53. The summed E-state index contributed by atoms with van der Waals surface area (Å²) < 4.78 is 0.